The van der Waals surface area contributed by atoms with E-state index < -0.39 is 0 Å². The van der Waals surface area contributed by atoms with Crippen molar-refractivity contribution in [3.63, 3.8) is 0 Å². The van der Waals surface area contributed by atoms with E-state index in [-0.39, 0.29) is 10.8 Å². The SMILES string of the molecule is CC1N(C)c2cc3c(cc2C1(C)C)N(C)C(C)C3(C)C. The molecule has 2 heteroatoms. The van der Waals surface area contributed by atoms with Gasteiger partial charge in [-0.15, -0.1) is 0 Å². The van der Waals surface area contributed by atoms with Crippen LogP contribution in [0.5, 0.6) is 0 Å². The van der Waals surface area contributed by atoms with E-state index in [1.807, 2.05) is 0 Å². The van der Waals surface area contributed by atoms with Gasteiger partial charge in [0.25, 0.3) is 0 Å². The summed E-state index contributed by atoms with van der Waals surface area (Å²) in [4.78, 5) is 4.91. The lowest BCUT2D eigenvalue weighted by Gasteiger charge is -2.30. The van der Waals surface area contributed by atoms with Crippen LogP contribution in [0.3, 0.4) is 0 Å². The van der Waals surface area contributed by atoms with Crippen molar-refractivity contribution in [2.75, 3.05) is 23.9 Å². The molecule has 2 aliphatic heterocycles. The molecule has 1 aromatic carbocycles. The molecular weight excluding hydrogens is 244 g/mol. The molecular formula is C18H28N2. The minimum atomic E-state index is 0.218. The normalized spacial score (nSPS) is 29.6. The molecule has 0 saturated heterocycles. The first-order chi connectivity index (χ1) is 9.10. The molecule has 0 bridgehead atoms. The Labute approximate surface area is 123 Å². The van der Waals surface area contributed by atoms with Crippen molar-refractivity contribution in [3.05, 3.63) is 23.3 Å². The Morgan fingerprint density at radius 2 is 1.05 bits per heavy atom. The van der Waals surface area contributed by atoms with Crippen LogP contribution in [0.4, 0.5) is 11.4 Å². The van der Waals surface area contributed by atoms with Gasteiger partial charge >= 0.3 is 0 Å². The zero-order valence-electron chi connectivity index (χ0n) is 14.2. The lowest BCUT2D eigenvalue weighted by Crippen LogP contribution is -2.37. The van der Waals surface area contributed by atoms with Crippen LogP contribution in [0.1, 0.15) is 52.7 Å². The van der Waals surface area contributed by atoms with E-state index in [9.17, 15) is 0 Å². The Bertz CT molecular complexity index is 519. The Balaban J connectivity index is 2.26. The second kappa shape index (κ2) is 3.72. The van der Waals surface area contributed by atoms with Gasteiger partial charge in [-0.05, 0) is 37.1 Å². The molecule has 3 rings (SSSR count). The van der Waals surface area contributed by atoms with Gasteiger partial charge in [0.1, 0.15) is 0 Å². The van der Waals surface area contributed by atoms with Gasteiger partial charge in [0, 0.05) is 48.4 Å². The summed E-state index contributed by atoms with van der Waals surface area (Å²) in [5.41, 5.74) is 6.30. The molecule has 0 spiro atoms. The van der Waals surface area contributed by atoms with Gasteiger partial charge in [-0.25, -0.2) is 0 Å². The number of fused-ring (bicyclic) bond motifs is 2. The molecule has 20 heavy (non-hydrogen) atoms. The van der Waals surface area contributed by atoms with Crippen molar-refractivity contribution in [1.29, 1.82) is 0 Å². The quantitative estimate of drug-likeness (QED) is 0.706. The van der Waals surface area contributed by atoms with Crippen LogP contribution in [0.15, 0.2) is 12.1 Å². The van der Waals surface area contributed by atoms with Gasteiger partial charge in [-0.1, -0.05) is 27.7 Å². The lowest BCUT2D eigenvalue weighted by atomic mass is 9.78. The Kier molecular flexibility index (Phi) is 2.56. The molecule has 0 amide bonds. The van der Waals surface area contributed by atoms with Crippen molar-refractivity contribution >= 4 is 11.4 Å². The molecule has 0 aliphatic carbocycles. The lowest BCUT2D eigenvalue weighted by molar-refractivity contribution is 0.451. The summed E-state index contributed by atoms with van der Waals surface area (Å²) in [6.45, 7) is 14.2. The summed E-state index contributed by atoms with van der Waals surface area (Å²) < 4.78 is 0. The van der Waals surface area contributed by atoms with Crippen LogP contribution in [-0.2, 0) is 10.8 Å². The average molecular weight is 272 g/mol. The first-order valence-electron chi connectivity index (χ1n) is 7.74. The maximum absolute atomic E-state index is 2.45. The van der Waals surface area contributed by atoms with Crippen LogP contribution in [0, 0.1) is 0 Å². The molecule has 2 aliphatic rings. The summed E-state index contributed by atoms with van der Waals surface area (Å²) in [5.74, 6) is 0. The number of nitrogens with zero attached hydrogens (tertiary/aromatic N) is 2. The molecule has 0 radical (unpaired) electrons. The van der Waals surface area contributed by atoms with E-state index >= 15 is 0 Å². The molecule has 0 N–H and O–H groups in total. The fourth-order valence-corrected chi connectivity index (χ4v) is 4.03. The maximum Gasteiger partial charge on any atom is 0.0409 e. The van der Waals surface area contributed by atoms with E-state index in [4.69, 9.17) is 0 Å². The third-order valence-electron chi connectivity index (χ3n) is 6.51. The largest absolute Gasteiger partial charge is 0.371 e. The summed E-state index contributed by atoms with van der Waals surface area (Å²) in [7, 11) is 4.47. The molecule has 0 fully saturated rings. The van der Waals surface area contributed by atoms with Crippen molar-refractivity contribution in [3.8, 4) is 0 Å². The van der Waals surface area contributed by atoms with Gasteiger partial charge in [-0.3, -0.25) is 0 Å². The van der Waals surface area contributed by atoms with Gasteiger partial charge in [0.05, 0.1) is 0 Å². The Morgan fingerprint density at radius 3 is 1.35 bits per heavy atom. The fourth-order valence-electron chi connectivity index (χ4n) is 4.03. The highest BCUT2D eigenvalue weighted by Gasteiger charge is 2.45. The maximum atomic E-state index is 2.45. The highest BCUT2D eigenvalue weighted by molar-refractivity contribution is 5.75. The number of anilines is 2. The first-order valence-corrected chi connectivity index (χ1v) is 7.74. The number of rotatable bonds is 0. The van der Waals surface area contributed by atoms with Crippen LogP contribution < -0.4 is 9.80 Å². The molecule has 0 aromatic heterocycles. The summed E-state index contributed by atoms with van der Waals surface area (Å²) in [6, 6.07) is 6.00. The fraction of sp³-hybridized carbons (Fsp3) is 0.667. The predicted octanol–water partition coefficient (Wildman–Crippen LogP) is 3.92. The van der Waals surface area contributed by atoms with E-state index in [1.54, 1.807) is 0 Å². The number of likely N-dealkylation sites (N-methyl/N-ethyl adjacent to an activating group) is 2. The van der Waals surface area contributed by atoms with E-state index in [0.29, 0.717) is 12.1 Å². The Hall–Kier alpha value is -1.18. The third-order valence-corrected chi connectivity index (χ3v) is 6.51. The number of hydrogen-bond acceptors (Lipinski definition) is 2. The van der Waals surface area contributed by atoms with Gasteiger partial charge in [-0.2, -0.15) is 0 Å². The highest BCUT2D eigenvalue weighted by Crippen LogP contribution is 2.52. The van der Waals surface area contributed by atoms with Crippen molar-refractivity contribution < 1.29 is 0 Å². The zero-order valence-corrected chi connectivity index (χ0v) is 14.2. The van der Waals surface area contributed by atoms with Crippen LogP contribution in [0.2, 0.25) is 0 Å². The van der Waals surface area contributed by atoms with Crippen molar-refractivity contribution in [1.82, 2.24) is 0 Å². The summed E-state index contributed by atoms with van der Waals surface area (Å²) >= 11 is 0. The minimum Gasteiger partial charge on any atom is -0.371 e. The molecule has 1 aromatic rings. The van der Waals surface area contributed by atoms with Crippen LogP contribution in [0.25, 0.3) is 0 Å². The molecule has 0 saturated carbocycles. The second-order valence-corrected chi connectivity index (χ2v) is 7.90. The third kappa shape index (κ3) is 1.40. The summed E-state index contributed by atoms with van der Waals surface area (Å²) in [6.07, 6.45) is 0. The monoisotopic (exact) mass is 272 g/mol. The highest BCUT2D eigenvalue weighted by atomic mass is 15.2. The van der Waals surface area contributed by atoms with Crippen molar-refractivity contribution in [2.24, 2.45) is 0 Å². The first kappa shape index (κ1) is 13.8. The van der Waals surface area contributed by atoms with Gasteiger partial charge in [0.2, 0.25) is 0 Å². The van der Waals surface area contributed by atoms with E-state index in [0.717, 1.165) is 0 Å². The predicted molar refractivity (Wildman–Crippen MR) is 88.2 cm³/mol. The van der Waals surface area contributed by atoms with Crippen LogP contribution in [-0.4, -0.2) is 26.2 Å². The number of benzene rings is 1. The molecule has 2 atom stereocenters. The second-order valence-electron chi connectivity index (χ2n) is 7.90. The minimum absolute atomic E-state index is 0.218. The molecule has 110 valence electrons. The number of hydrogen-bond donors (Lipinski definition) is 0. The van der Waals surface area contributed by atoms with Crippen molar-refractivity contribution in [2.45, 2.75) is 64.5 Å². The molecule has 2 nitrogen and oxygen atoms in total. The van der Waals surface area contributed by atoms with E-state index in [1.165, 1.54) is 22.5 Å². The standard InChI is InChI=1S/C18H28N2/c1-11-17(3,4)13-9-16-14(10-15(13)19(11)7)18(5,6)12(2)20(16)8/h9-12H,1-8H3. The molecule has 2 heterocycles. The summed E-state index contributed by atoms with van der Waals surface area (Å²) in [5, 5.41) is 0. The Morgan fingerprint density at radius 1 is 0.750 bits per heavy atom. The smallest absolute Gasteiger partial charge is 0.0409 e. The van der Waals surface area contributed by atoms with Gasteiger partial charge < -0.3 is 9.80 Å². The van der Waals surface area contributed by atoms with Crippen LogP contribution >= 0.6 is 0 Å². The zero-order chi connectivity index (χ0) is 15.0. The topological polar surface area (TPSA) is 6.48 Å². The van der Waals surface area contributed by atoms with E-state index in [2.05, 4.69) is 77.6 Å². The van der Waals surface area contributed by atoms with Gasteiger partial charge in [0.15, 0.2) is 0 Å². The average Bonchev–Trinajstić information content (AvgIpc) is 2.67. The molecule has 2 unspecified atom stereocenters.